The molecule has 0 saturated carbocycles. The van der Waals surface area contributed by atoms with E-state index in [1.54, 1.807) is 12.1 Å². The number of para-hydroxylation sites is 1. The van der Waals surface area contributed by atoms with Crippen molar-refractivity contribution in [2.24, 2.45) is 0 Å². The van der Waals surface area contributed by atoms with Gasteiger partial charge in [0, 0.05) is 6.07 Å². The zero-order valence-electron chi connectivity index (χ0n) is 14.4. The fourth-order valence-electron chi connectivity index (χ4n) is 3.01. The molecular formula is C18H20F4N4O+2. The van der Waals surface area contributed by atoms with Crippen molar-refractivity contribution in [2.45, 2.75) is 6.18 Å². The summed E-state index contributed by atoms with van der Waals surface area (Å²) in [5.74, 6) is -0.147. The number of hydrogen-bond donors (Lipinski definition) is 2. The van der Waals surface area contributed by atoms with Crippen molar-refractivity contribution in [3.05, 3.63) is 54.0 Å². The smallest absolute Gasteiger partial charge is 0.321 e. The maximum atomic E-state index is 13.6. The molecule has 2 aromatic rings. The molecule has 9 heteroatoms. The van der Waals surface area contributed by atoms with E-state index in [0.29, 0.717) is 32.0 Å². The van der Waals surface area contributed by atoms with Crippen molar-refractivity contribution in [3.8, 4) is 0 Å². The van der Waals surface area contributed by atoms with E-state index in [2.05, 4.69) is 10.3 Å². The average molecular weight is 384 g/mol. The van der Waals surface area contributed by atoms with Crippen LogP contribution in [0.25, 0.3) is 0 Å². The van der Waals surface area contributed by atoms with Crippen LogP contribution in [0.4, 0.5) is 29.1 Å². The number of carbonyl (C=O) groups is 1. The number of rotatable bonds is 4. The van der Waals surface area contributed by atoms with Crippen molar-refractivity contribution < 1.29 is 32.2 Å². The van der Waals surface area contributed by atoms with Crippen molar-refractivity contribution in [2.75, 3.05) is 42.9 Å². The Morgan fingerprint density at radius 2 is 1.85 bits per heavy atom. The minimum atomic E-state index is -4.37. The van der Waals surface area contributed by atoms with Crippen molar-refractivity contribution in [3.63, 3.8) is 0 Å². The van der Waals surface area contributed by atoms with Gasteiger partial charge in [-0.1, -0.05) is 12.1 Å². The fraction of sp³-hybridized carbons (Fsp3) is 0.333. The first-order valence-corrected chi connectivity index (χ1v) is 8.55. The number of pyridine rings is 1. The highest BCUT2D eigenvalue weighted by atomic mass is 19.4. The van der Waals surface area contributed by atoms with Crippen LogP contribution < -0.4 is 20.1 Å². The average Bonchev–Trinajstić information content (AvgIpc) is 2.64. The first kappa shape index (κ1) is 19.1. The number of quaternary nitrogens is 1. The molecule has 3 N–H and O–H groups in total. The van der Waals surface area contributed by atoms with Crippen molar-refractivity contribution >= 4 is 17.4 Å². The van der Waals surface area contributed by atoms with Gasteiger partial charge in [0.2, 0.25) is 0 Å². The first-order valence-electron chi connectivity index (χ1n) is 8.55. The van der Waals surface area contributed by atoms with E-state index < -0.39 is 17.6 Å². The van der Waals surface area contributed by atoms with E-state index >= 15 is 0 Å². The lowest BCUT2D eigenvalue weighted by molar-refractivity contribution is -0.892. The standard InChI is InChI=1S/C18H18F4N4O/c19-14-3-1-2-4-15(14)24-17(27)12-25-7-9-26(10-8-25)16-6-5-13(11-23-16)18(20,21)22/h1-6,11H,7-10,12H2,(H,24,27)/p+2. The molecule has 1 aromatic heterocycles. The maximum Gasteiger partial charge on any atom is 0.419 e. The van der Waals surface area contributed by atoms with E-state index in [0.717, 1.165) is 17.2 Å². The second kappa shape index (κ2) is 7.91. The lowest BCUT2D eigenvalue weighted by Crippen LogP contribution is -3.15. The zero-order chi connectivity index (χ0) is 19.4. The van der Waals surface area contributed by atoms with Gasteiger partial charge in [-0.25, -0.2) is 9.37 Å². The van der Waals surface area contributed by atoms with Crippen LogP contribution in [0.3, 0.4) is 0 Å². The molecule has 0 spiro atoms. The predicted octanol–water partition coefficient (Wildman–Crippen LogP) is 1.00. The highest BCUT2D eigenvalue weighted by molar-refractivity contribution is 5.91. The number of benzene rings is 1. The first-order chi connectivity index (χ1) is 12.8. The number of anilines is 2. The van der Waals surface area contributed by atoms with Crippen LogP contribution in [0, 0.1) is 5.82 Å². The third kappa shape index (κ3) is 4.94. The number of alkyl halides is 3. The molecule has 144 valence electrons. The van der Waals surface area contributed by atoms with Gasteiger partial charge in [-0.3, -0.25) is 9.69 Å². The number of amides is 1. The number of hydrogen-bond acceptors (Lipinski definition) is 2. The Morgan fingerprint density at radius 3 is 2.44 bits per heavy atom. The van der Waals surface area contributed by atoms with Crippen LogP contribution in [0.2, 0.25) is 0 Å². The summed E-state index contributed by atoms with van der Waals surface area (Å²) in [4.78, 5) is 17.8. The van der Waals surface area contributed by atoms with Crippen molar-refractivity contribution in [1.29, 1.82) is 0 Å². The minimum Gasteiger partial charge on any atom is -0.321 e. The number of aromatic nitrogens is 1. The Hall–Kier alpha value is -2.68. The summed E-state index contributed by atoms with van der Waals surface area (Å²) in [7, 11) is 0. The monoisotopic (exact) mass is 384 g/mol. The number of nitrogens with zero attached hydrogens (tertiary/aromatic N) is 1. The van der Waals surface area contributed by atoms with Gasteiger partial charge in [0.25, 0.3) is 11.7 Å². The van der Waals surface area contributed by atoms with Gasteiger partial charge < -0.3 is 10.2 Å². The lowest BCUT2D eigenvalue weighted by atomic mass is 10.2. The Bertz CT molecular complexity index is 787. The van der Waals surface area contributed by atoms with Gasteiger partial charge in [0.05, 0.1) is 11.3 Å². The quantitative estimate of drug-likeness (QED) is 0.773. The zero-order valence-corrected chi connectivity index (χ0v) is 14.4. The number of nitrogens with one attached hydrogen (secondary N) is 3. The largest absolute Gasteiger partial charge is 0.419 e. The summed E-state index contributed by atoms with van der Waals surface area (Å²) in [5, 5.41) is 2.56. The number of piperazine rings is 1. The number of H-pyrrole nitrogens is 1. The molecule has 1 saturated heterocycles. The molecule has 0 aliphatic carbocycles. The fourth-order valence-corrected chi connectivity index (χ4v) is 3.01. The molecule has 1 aliphatic rings. The van der Waals surface area contributed by atoms with Crippen LogP contribution >= 0.6 is 0 Å². The van der Waals surface area contributed by atoms with Gasteiger partial charge >= 0.3 is 6.18 Å². The molecule has 0 radical (unpaired) electrons. The molecule has 1 aliphatic heterocycles. The lowest BCUT2D eigenvalue weighted by Gasteiger charge is -2.28. The van der Waals surface area contributed by atoms with Crippen LogP contribution in [0.1, 0.15) is 5.56 Å². The minimum absolute atomic E-state index is 0.153. The summed E-state index contributed by atoms with van der Waals surface area (Å²) in [6, 6.07) is 8.44. The summed E-state index contributed by atoms with van der Waals surface area (Å²) in [5.41, 5.74) is -0.569. The molecule has 3 rings (SSSR count). The second-order valence-electron chi connectivity index (χ2n) is 6.40. The third-order valence-corrected chi connectivity index (χ3v) is 4.49. The Labute approximate surface area is 153 Å². The number of halogens is 4. The van der Waals surface area contributed by atoms with E-state index in [1.807, 2.05) is 4.90 Å². The van der Waals surface area contributed by atoms with Crippen molar-refractivity contribution in [1.82, 2.24) is 0 Å². The number of carbonyl (C=O) groups excluding carboxylic acids is 1. The van der Waals surface area contributed by atoms with Gasteiger partial charge in [-0.05, 0) is 18.2 Å². The SMILES string of the molecule is O=C(C[NH+]1CCN(c2ccc(C(F)(F)F)c[nH+]2)CC1)Nc1ccccc1F. The summed E-state index contributed by atoms with van der Waals surface area (Å²) < 4.78 is 51.4. The van der Waals surface area contributed by atoms with E-state index in [1.165, 1.54) is 18.2 Å². The van der Waals surface area contributed by atoms with Crippen LogP contribution in [-0.4, -0.2) is 38.6 Å². The van der Waals surface area contributed by atoms with E-state index in [-0.39, 0.29) is 18.1 Å². The topological polar surface area (TPSA) is 50.9 Å². The van der Waals surface area contributed by atoms with Crippen LogP contribution in [0.5, 0.6) is 0 Å². The Balaban J connectivity index is 1.50. The molecule has 0 bridgehead atoms. The summed E-state index contributed by atoms with van der Waals surface area (Å²) >= 11 is 0. The third-order valence-electron chi connectivity index (χ3n) is 4.49. The van der Waals surface area contributed by atoms with Gasteiger partial charge in [-0.15, -0.1) is 0 Å². The molecule has 0 atom stereocenters. The Morgan fingerprint density at radius 1 is 1.15 bits per heavy atom. The molecule has 1 aromatic carbocycles. The molecular weight excluding hydrogens is 364 g/mol. The maximum absolute atomic E-state index is 13.6. The highest BCUT2D eigenvalue weighted by Gasteiger charge is 2.33. The van der Waals surface area contributed by atoms with Gasteiger partial charge in [0.1, 0.15) is 38.2 Å². The molecule has 2 heterocycles. The Kier molecular flexibility index (Phi) is 5.59. The predicted molar refractivity (Wildman–Crippen MR) is 90.8 cm³/mol. The molecule has 1 amide bonds. The molecule has 5 nitrogen and oxygen atoms in total. The summed E-state index contributed by atoms with van der Waals surface area (Å²) in [6.45, 7) is 2.71. The number of aromatic amines is 1. The summed E-state index contributed by atoms with van der Waals surface area (Å²) in [6.07, 6.45) is -3.42. The second-order valence-corrected chi connectivity index (χ2v) is 6.40. The highest BCUT2D eigenvalue weighted by Crippen LogP contribution is 2.28. The van der Waals surface area contributed by atoms with E-state index in [4.69, 9.17) is 0 Å². The molecule has 0 unspecified atom stereocenters. The molecule has 1 fully saturated rings. The molecule has 27 heavy (non-hydrogen) atoms. The van der Waals surface area contributed by atoms with Crippen LogP contribution in [-0.2, 0) is 11.0 Å². The van der Waals surface area contributed by atoms with Crippen LogP contribution in [0.15, 0.2) is 42.6 Å². The van der Waals surface area contributed by atoms with E-state index in [9.17, 15) is 22.4 Å². The van der Waals surface area contributed by atoms with Gasteiger partial charge in [0.15, 0.2) is 6.54 Å². The normalized spacial score (nSPS) is 15.6. The van der Waals surface area contributed by atoms with Gasteiger partial charge in [-0.2, -0.15) is 13.2 Å².